The summed E-state index contributed by atoms with van der Waals surface area (Å²) >= 11 is 1.43. The summed E-state index contributed by atoms with van der Waals surface area (Å²) in [6, 6.07) is 7.94. The molecule has 21 heavy (non-hydrogen) atoms. The second-order valence-corrected chi connectivity index (χ2v) is 5.73. The molecular formula is C15H19N3O2S. The average Bonchev–Trinajstić information content (AvgIpc) is 2.83. The zero-order chi connectivity index (χ0) is 15.2. The SMILES string of the molecule is COCc1nc(CCOc2cccc(C)c2)sc1C(=N)N. The number of rotatable bonds is 7. The lowest BCUT2D eigenvalue weighted by Gasteiger charge is -2.05. The van der Waals surface area contributed by atoms with Crippen molar-refractivity contribution in [2.75, 3.05) is 13.7 Å². The fraction of sp³-hybridized carbons (Fsp3) is 0.333. The summed E-state index contributed by atoms with van der Waals surface area (Å²) in [4.78, 5) is 5.15. The highest BCUT2D eigenvalue weighted by Crippen LogP contribution is 2.20. The minimum Gasteiger partial charge on any atom is -0.493 e. The first kappa shape index (κ1) is 15.5. The Morgan fingerprint density at radius 3 is 2.90 bits per heavy atom. The lowest BCUT2D eigenvalue weighted by atomic mass is 10.2. The number of nitrogens with one attached hydrogen (secondary N) is 1. The molecule has 0 atom stereocenters. The standard InChI is InChI=1S/C15H19N3O2S/c1-10-4-3-5-11(8-10)20-7-6-13-18-12(9-19-2)14(21-13)15(16)17/h3-5,8H,6-7,9H2,1-2H3,(H3,16,17). The highest BCUT2D eigenvalue weighted by molar-refractivity contribution is 7.13. The van der Waals surface area contributed by atoms with Crippen molar-refractivity contribution in [2.24, 2.45) is 5.73 Å². The third-order valence-corrected chi connectivity index (χ3v) is 4.03. The molecule has 0 unspecified atom stereocenters. The van der Waals surface area contributed by atoms with Crippen LogP contribution in [0, 0.1) is 12.3 Å². The van der Waals surface area contributed by atoms with Crippen LogP contribution >= 0.6 is 11.3 Å². The molecule has 0 aliphatic carbocycles. The van der Waals surface area contributed by atoms with Gasteiger partial charge in [0, 0.05) is 13.5 Å². The second-order valence-electron chi connectivity index (χ2n) is 4.65. The molecule has 0 saturated carbocycles. The van der Waals surface area contributed by atoms with Gasteiger partial charge in [0.1, 0.15) is 11.6 Å². The molecule has 6 heteroatoms. The first-order valence-corrected chi connectivity index (χ1v) is 7.43. The van der Waals surface area contributed by atoms with Crippen LogP contribution in [0.15, 0.2) is 24.3 Å². The van der Waals surface area contributed by atoms with Gasteiger partial charge in [-0.05, 0) is 24.6 Å². The summed E-state index contributed by atoms with van der Waals surface area (Å²) in [5.74, 6) is 0.890. The summed E-state index contributed by atoms with van der Waals surface area (Å²) in [6.07, 6.45) is 0.683. The van der Waals surface area contributed by atoms with Crippen LogP contribution in [-0.2, 0) is 17.8 Å². The number of ether oxygens (including phenoxy) is 2. The van der Waals surface area contributed by atoms with E-state index in [1.807, 2.05) is 31.2 Å². The fourth-order valence-corrected chi connectivity index (χ4v) is 2.82. The quantitative estimate of drug-likeness (QED) is 0.608. The van der Waals surface area contributed by atoms with Crippen molar-refractivity contribution in [1.29, 1.82) is 5.41 Å². The molecular weight excluding hydrogens is 286 g/mol. The molecule has 5 nitrogen and oxygen atoms in total. The van der Waals surface area contributed by atoms with Crippen molar-refractivity contribution >= 4 is 17.2 Å². The number of hydrogen-bond acceptors (Lipinski definition) is 5. The smallest absolute Gasteiger partial charge is 0.135 e. The van der Waals surface area contributed by atoms with Crippen molar-refractivity contribution in [2.45, 2.75) is 20.0 Å². The third-order valence-electron chi connectivity index (χ3n) is 2.84. The van der Waals surface area contributed by atoms with E-state index in [9.17, 15) is 0 Å². The number of nitrogen functional groups attached to an aromatic ring is 1. The Bertz CT molecular complexity index is 625. The van der Waals surface area contributed by atoms with Gasteiger partial charge < -0.3 is 15.2 Å². The Balaban J connectivity index is 1.97. The summed E-state index contributed by atoms with van der Waals surface area (Å²) in [6.45, 7) is 2.94. The highest BCUT2D eigenvalue weighted by atomic mass is 32.1. The van der Waals surface area contributed by atoms with Crippen LogP contribution in [-0.4, -0.2) is 24.5 Å². The number of hydrogen-bond donors (Lipinski definition) is 2. The maximum Gasteiger partial charge on any atom is 0.135 e. The topological polar surface area (TPSA) is 81.2 Å². The molecule has 0 amide bonds. The molecule has 0 aliphatic rings. The number of methoxy groups -OCH3 is 1. The lowest BCUT2D eigenvalue weighted by Crippen LogP contribution is -2.11. The molecule has 2 aromatic rings. The van der Waals surface area contributed by atoms with Gasteiger partial charge in [-0.2, -0.15) is 0 Å². The first-order valence-electron chi connectivity index (χ1n) is 6.61. The van der Waals surface area contributed by atoms with Crippen LogP contribution in [0.1, 0.15) is 21.1 Å². The van der Waals surface area contributed by atoms with Crippen LogP contribution in [0.25, 0.3) is 0 Å². The molecule has 0 bridgehead atoms. The maximum absolute atomic E-state index is 7.56. The van der Waals surface area contributed by atoms with Crippen molar-refractivity contribution < 1.29 is 9.47 Å². The molecule has 3 N–H and O–H groups in total. The van der Waals surface area contributed by atoms with Crippen molar-refractivity contribution in [3.05, 3.63) is 45.4 Å². The Morgan fingerprint density at radius 2 is 2.24 bits per heavy atom. The summed E-state index contributed by atoms with van der Waals surface area (Å²) in [5.41, 5.74) is 7.45. The maximum atomic E-state index is 7.56. The van der Waals surface area contributed by atoms with E-state index >= 15 is 0 Å². The van der Waals surface area contributed by atoms with Gasteiger partial charge >= 0.3 is 0 Å². The molecule has 2 rings (SSSR count). The Morgan fingerprint density at radius 1 is 1.43 bits per heavy atom. The second kappa shape index (κ2) is 7.19. The van der Waals surface area contributed by atoms with Gasteiger partial charge in [0.15, 0.2) is 0 Å². The van der Waals surface area contributed by atoms with Crippen LogP contribution in [0.2, 0.25) is 0 Å². The number of nitrogens with zero attached hydrogens (tertiary/aromatic N) is 1. The van der Waals surface area contributed by atoms with E-state index in [1.165, 1.54) is 16.9 Å². The molecule has 1 heterocycles. The van der Waals surface area contributed by atoms with E-state index in [0.29, 0.717) is 24.5 Å². The molecule has 0 spiro atoms. The first-order chi connectivity index (χ1) is 10.1. The van der Waals surface area contributed by atoms with Gasteiger partial charge in [-0.25, -0.2) is 4.98 Å². The van der Waals surface area contributed by atoms with Gasteiger partial charge in [0.05, 0.1) is 28.8 Å². The van der Waals surface area contributed by atoms with Gasteiger partial charge in [0.25, 0.3) is 0 Å². The number of thiazole rings is 1. The molecule has 1 aromatic carbocycles. The normalized spacial score (nSPS) is 10.6. The van der Waals surface area contributed by atoms with Crippen molar-refractivity contribution in [3.63, 3.8) is 0 Å². The number of nitrogens with two attached hydrogens (primary N) is 1. The summed E-state index contributed by atoms with van der Waals surface area (Å²) in [5, 5.41) is 8.47. The van der Waals surface area contributed by atoms with E-state index in [1.54, 1.807) is 7.11 Å². The molecule has 0 saturated heterocycles. The van der Waals surface area contributed by atoms with E-state index in [-0.39, 0.29) is 5.84 Å². The highest BCUT2D eigenvalue weighted by Gasteiger charge is 2.13. The van der Waals surface area contributed by atoms with Crippen molar-refractivity contribution in [3.8, 4) is 5.75 Å². The van der Waals surface area contributed by atoms with E-state index in [2.05, 4.69) is 4.98 Å². The number of benzene rings is 1. The van der Waals surface area contributed by atoms with E-state index < -0.39 is 0 Å². The van der Waals surface area contributed by atoms with E-state index in [0.717, 1.165) is 16.5 Å². The van der Waals surface area contributed by atoms with Crippen LogP contribution in [0.4, 0.5) is 0 Å². The van der Waals surface area contributed by atoms with Crippen LogP contribution in [0.5, 0.6) is 5.75 Å². The lowest BCUT2D eigenvalue weighted by molar-refractivity contribution is 0.181. The number of amidine groups is 1. The van der Waals surface area contributed by atoms with Gasteiger partial charge in [-0.3, -0.25) is 5.41 Å². The minimum absolute atomic E-state index is 0.0328. The van der Waals surface area contributed by atoms with Gasteiger partial charge in [-0.15, -0.1) is 11.3 Å². The Hall–Kier alpha value is -1.92. The molecule has 112 valence electrons. The van der Waals surface area contributed by atoms with E-state index in [4.69, 9.17) is 20.6 Å². The fourth-order valence-electron chi connectivity index (χ4n) is 1.91. The van der Waals surface area contributed by atoms with Gasteiger partial charge in [0.2, 0.25) is 0 Å². The predicted octanol–water partition coefficient (Wildman–Crippen LogP) is 2.50. The Labute approximate surface area is 128 Å². The molecule has 1 aromatic heterocycles. The minimum atomic E-state index is 0.0328. The summed E-state index contributed by atoms with van der Waals surface area (Å²) < 4.78 is 10.8. The Kier molecular flexibility index (Phi) is 5.30. The summed E-state index contributed by atoms with van der Waals surface area (Å²) in [7, 11) is 1.60. The zero-order valence-electron chi connectivity index (χ0n) is 12.2. The van der Waals surface area contributed by atoms with Crippen LogP contribution < -0.4 is 10.5 Å². The predicted molar refractivity (Wildman–Crippen MR) is 84.2 cm³/mol. The van der Waals surface area contributed by atoms with Crippen molar-refractivity contribution in [1.82, 2.24) is 4.98 Å². The van der Waals surface area contributed by atoms with Crippen LogP contribution in [0.3, 0.4) is 0 Å². The largest absolute Gasteiger partial charge is 0.493 e. The monoisotopic (exact) mass is 305 g/mol. The zero-order valence-corrected chi connectivity index (χ0v) is 13.0. The third kappa shape index (κ3) is 4.27. The molecule has 0 fully saturated rings. The molecule has 0 aliphatic heterocycles. The number of aryl methyl sites for hydroxylation is 1. The van der Waals surface area contributed by atoms with Gasteiger partial charge in [-0.1, -0.05) is 12.1 Å². The average molecular weight is 305 g/mol. The molecule has 0 radical (unpaired) electrons. The number of aromatic nitrogens is 1.